The topological polar surface area (TPSA) is 64.4 Å². The zero-order valence-electron chi connectivity index (χ0n) is 19.4. The van der Waals surface area contributed by atoms with Gasteiger partial charge in [0.15, 0.2) is 0 Å². The number of benzene rings is 2. The second-order valence-electron chi connectivity index (χ2n) is 9.83. The molecular weight excluding hydrogens is 474 g/mol. The molecule has 2 aromatic carbocycles. The van der Waals surface area contributed by atoms with Gasteiger partial charge in [-0.15, -0.1) is 0 Å². The molecule has 4 nitrogen and oxygen atoms in total. The summed E-state index contributed by atoms with van der Waals surface area (Å²) in [5, 5.41) is 3.67. The monoisotopic (exact) mass is 506 g/mol. The summed E-state index contributed by atoms with van der Waals surface area (Å²) in [6.45, 7) is 1.02. The minimum atomic E-state index is -0.578. The molecule has 0 bridgehead atoms. The number of nitrogens with two attached hydrogens (primary N) is 1. The SMILES string of the molecule is N[C@@H]1CC[C@@H](C(=O)N[C@H](c2c(F)ccc(Cl)c2Cl)C2(CCOCc3ccccc3)CCCC2)C1. The smallest absolute Gasteiger partial charge is 0.223 e. The van der Waals surface area contributed by atoms with Crippen LogP contribution in [0.4, 0.5) is 4.39 Å². The van der Waals surface area contributed by atoms with Crippen LogP contribution in [0.2, 0.25) is 10.0 Å². The summed E-state index contributed by atoms with van der Waals surface area (Å²) in [6.07, 6.45) is 6.66. The van der Waals surface area contributed by atoms with Gasteiger partial charge in [-0.3, -0.25) is 4.79 Å². The van der Waals surface area contributed by atoms with E-state index in [-0.39, 0.29) is 38.9 Å². The van der Waals surface area contributed by atoms with Gasteiger partial charge in [0.05, 0.1) is 22.7 Å². The maximum Gasteiger partial charge on any atom is 0.223 e. The summed E-state index contributed by atoms with van der Waals surface area (Å²) in [5.74, 6) is -0.685. The van der Waals surface area contributed by atoms with Crippen LogP contribution in [0.5, 0.6) is 0 Å². The maximum absolute atomic E-state index is 15.3. The number of carbonyl (C=O) groups excluding carboxylic acids is 1. The maximum atomic E-state index is 15.3. The Labute approximate surface area is 211 Å². The Morgan fingerprint density at radius 2 is 1.88 bits per heavy atom. The first-order valence-corrected chi connectivity index (χ1v) is 13.0. The molecule has 2 aliphatic carbocycles. The number of carbonyl (C=O) groups is 1. The molecule has 7 heteroatoms. The molecule has 0 unspecified atom stereocenters. The summed E-state index contributed by atoms with van der Waals surface area (Å²) in [5.41, 5.74) is 7.09. The molecule has 0 aliphatic heterocycles. The van der Waals surface area contributed by atoms with Crippen LogP contribution in [0.25, 0.3) is 0 Å². The minimum absolute atomic E-state index is 0.0347. The van der Waals surface area contributed by atoms with Gasteiger partial charge in [0.25, 0.3) is 0 Å². The molecular formula is C27H33Cl2FN2O2. The molecule has 2 fully saturated rings. The molecule has 0 radical (unpaired) electrons. The lowest BCUT2D eigenvalue weighted by atomic mass is 9.72. The normalized spacial score (nSPS) is 22.6. The van der Waals surface area contributed by atoms with E-state index >= 15 is 4.39 Å². The van der Waals surface area contributed by atoms with E-state index in [9.17, 15) is 4.79 Å². The van der Waals surface area contributed by atoms with Gasteiger partial charge in [0, 0.05) is 24.1 Å². The molecule has 1 amide bonds. The molecule has 3 atom stereocenters. The van der Waals surface area contributed by atoms with E-state index in [0.717, 1.165) is 44.1 Å². The highest BCUT2D eigenvalue weighted by Gasteiger charge is 2.45. The second kappa shape index (κ2) is 11.4. The number of amides is 1. The van der Waals surface area contributed by atoms with E-state index < -0.39 is 11.9 Å². The number of ether oxygens (including phenoxy) is 1. The molecule has 4 rings (SSSR count). The van der Waals surface area contributed by atoms with E-state index in [4.69, 9.17) is 33.7 Å². The quantitative estimate of drug-likeness (QED) is 0.298. The Hall–Kier alpha value is -1.66. The lowest BCUT2D eigenvalue weighted by molar-refractivity contribution is -0.126. The van der Waals surface area contributed by atoms with Crippen LogP contribution >= 0.6 is 23.2 Å². The highest BCUT2D eigenvalue weighted by molar-refractivity contribution is 6.42. The molecule has 3 N–H and O–H groups in total. The predicted octanol–water partition coefficient (Wildman–Crippen LogP) is 6.58. The van der Waals surface area contributed by atoms with Crippen LogP contribution in [0.15, 0.2) is 42.5 Å². The average molecular weight is 507 g/mol. The standard InChI is InChI=1S/C27H33Cl2FN2O2/c28-21-10-11-22(30)23(24(21)29)25(32-26(33)19-8-9-20(31)16-19)27(12-4-5-13-27)14-15-34-17-18-6-2-1-3-7-18/h1-3,6-7,10-11,19-20,25H,4-5,8-9,12-17,31H2,(H,32,33)/t19-,20-,25-/m1/s1. The Kier molecular flexibility index (Phi) is 8.52. The van der Waals surface area contributed by atoms with Crippen molar-refractivity contribution in [2.45, 2.75) is 70.1 Å². The molecule has 0 spiro atoms. The number of nitrogens with one attached hydrogen (secondary N) is 1. The fourth-order valence-corrected chi connectivity index (χ4v) is 6.08. The van der Waals surface area contributed by atoms with E-state index in [1.165, 1.54) is 12.1 Å². The van der Waals surface area contributed by atoms with Crippen molar-refractivity contribution < 1.29 is 13.9 Å². The first-order valence-electron chi connectivity index (χ1n) is 12.2. The van der Waals surface area contributed by atoms with Gasteiger partial charge in [-0.2, -0.15) is 0 Å². The molecule has 184 valence electrons. The lowest BCUT2D eigenvalue weighted by Crippen LogP contribution is -2.43. The highest BCUT2D eigenvalue weighted by Crippen LogP contribution is 2.52. The molecule has 0 aromatic heterocycles. The summed E-state index contributed by atoms with van der Waals surface area (Å²) >= 11 is 12.9. The van der Waals surface area contributed by atoms with Crippen LogP contribution < -0.4 is 11.1 Å². The third-order valence-corrected chi connectivity index (χ3v) is 8.39. The third-order valence-electron chi connectivity index (χ3n) is 7.57. The van der Waals surface area contributed by atoms with Crippen LogP contribution in [-0.4, -0.2) is 18.6 Å². The molecule has 2 aliphatic rings. The van der Waals surface area contributed by atoms with E-state index in [2.05, 4.69) is 5.32 Å². The van der Waals surface area contributed by atoms with Gasteiger partial charge < -0.3 is 15.8 Å². The van der Waals surface area contributed by atoms with Gasteiger partial charge in [-0.25, -0.2) is 4.39 Å². The molecule has 34 heavy (non-hydrogen) atoms. The largest absolute Gasteiger partial charge is 0.377 e. The Morgan fingerprint density at radius 3 is 2.56 bits per heavy atom. The molecule has 2 aromatic rings. The Balaban J connectivity index is 1.58. The molecule has 0 saturated heterocycles. The van der Waals surface area contributed by atoms with Crippen molar-refractivity contribution in [3.63, 3.8) is 0 Å². The van der Waals surface area contributed by atoms with Crippen LogP contribution in [0, 0.1) is 17.2 Å². The third kappa shape index (κ3) is 5.76. The van der Waals surface area contributed by atoms with Gasteiger partial charge >= 0.3 is 0 Å². The lowest BCUT2D eigenvalue weighted by Gasteiger charge is -2.39. The van der Waals surface area contributed by atoms with E-state index in [1.807, 2.05) is 30.3 Å². The average Bonchev–Trinajstić information content (AvgIpc) is 3.49. The summed E-state index contributed by atoms with van der Waals surface area (Å²) < 4.78 is 21.3. The second-order valence-corrected chi connectivity index (χ2v) is 10.6. The Bertz CT molecular complexity index is 982. The minimum Gasteiger partial charge on any atom is -0.377 e. The molecule has 0 heterocycles. The van der Waals surface area contributed by atoms with Crippen molar-refractivity contribution in [2.75, 3.05) is 6.61 Å². The first-order chi connectivity index (χ1) is 16.4. The van der Waals surface area contributed by atoms with Gasteiger partial charge in [0.2, 0.25) is 5.91 Å². The Morgan fingerprint density at radius 1 is 1.15 bits per heavy atom. The molecule has 2 saturated carbocycles. The number of rotatable bonds is 9. The number of hydrogen-bond donors (Lipinski definition) is 2. The van der Waals surface area contributed by atoms with Crippen molar-refractivity contribution in [3.8, 4) is 0 Å². The van der Waals surface area contributed by atoms with Crippen molar-refractivity contribution in [1.29, 1.82) is 0 Å². The van der Waals surface area contributed by atoms with E-state index in [0.29, 0.717) is 26.1 Å². The van der Waals surface area contributed by atoms with Crippen molar-refractivity contribution in [2.24, 2.45) is 17.1 Å². The summed E-state index contributed by atoms with van der Waals surface area (Å²) in [4.78, 5) is 13.3. The summed E-state index contributed by atoms with van der Waals surface area (Å²) in [7, 11) is 0. The van der Waals surface area contributed by atoms with Crippen molar-refractivity contribution >= 4 is 29.1 Å². The van der Waals surface area contributed by atoms with Gasteiger partial charge in [0.1, 0.15) is 5.82 Å². The van der Waals surface area contributed by atoms with Crippen LogP contribution in [0.3, 0.4) is 0 Å². The zero-order valence-corrected chi connectivity index (χ0v) is 20.9. The summed E-state index contributed by atoms with van der Waals surface area (Å²) in [6, 6.07) is 12.3. The van der Waals surface area contributed by atoms with Crippen LogP contribution in [0.1, 0.15) is 68.5 Å². The fourth-order valence-electron chi connectivity index (χ4n) is 5.66. The predicted molar refractivity (Wildman–Crippen MR) is 134 cm³/mol. The number of hydrogen-bond acceptors (Lipinski definition) is 3. The van der Waals surface area contributed by atoms with Crippen LogP contribution in [-0.2, 0) is 16.1 Å². The first kappa shape index (κ1) is 25.4. The number of halogens is 3. The van der Waals surface area contributed by atoms with Crippen molar-refractivity contribution in [3.05, 3.63) is 69.5 Å². The van der Waals surface area contributed by atoms with Gasteiger partial charge in [-0.1, -0.05) is 66.4 Å². The highest BCUT2D eigenvalue weighted by atomic mass is 35.5. The van der Waals surface area contributed by atoms with E-state index in [1.54, 1.807) is 0 Å². The van der Waals surface area contributed by atoms with Gasteiger partial charge in [-0.05, 0) is 61.6 Å². The fraction of sp³-hybridized carbons (Fsp3) is 0.519. The van der Waals surface area contributed by atoms with Crippen molar-refractivity contribution in [1.82, 2.24) is 5.32 Å². The zero-order chi connectivity index (χ0) is 24.1.